The first-order valence-electron chi connectivity index (χ1n) is 27.3. The maximum Gasteiger partial charge on any atom is 0.343 e. The lowest BCUT2D eigenvalue weighted by Crippen LogP contribution is -2.56. The molecule has 10 atom stereocenters. The van der Waals surface area contributed by atoms with Gasteiger partial charge in [0.25, 0.3) is 0 Å². The third-order valence-corrected chi connectivity index (χ3v) is 17.9. The third kappa shape index (κ3) is 9.99. The SMILES string of the molecule is COC(=O)CC(O)(CCCC(C)(C)O)C(=O)OC1=CC23C(OC)[C@@H]([C@@H]4CCC56C=C(OC)C(OC(=O)C(O)(CCCC(C)(C)O)CC(=O)OC)[C@@H]5c5cc7c(cc5CCN46)OCO7)C(=O)N2CCc2cc4c(cc2[C@H]3C1)OCO4. The molecule has 6 heterocycles. The van der Waals surface area contributed by atoms with Crippen LogP contribution in [0, 0.1) is 5.92 Å². The first-order chi connectivity index (χ1) is 37.4. The minimum Gasteiger partial charge on any atom is -0.497 e. The monoisotopic (exact) mass is 1100 g/mol. The van der Waals surface area contributed by atoms with E-state index in [1.54, 1.807) is 40.9 Å². The number of methoxy groups -OCH3 is 4. The van der Waals surface area contributed by atoms with Gasteiger partial charge < -0.3 is 72.7 Å². The van der Waals surface area contributed by atoms with Crippen LogP contribution in [-0.4, -0.2) is 167 Å². The zero-order valence-electron chi connectivity index (χ0n) is 46.3. The number of carbonyl (C=O) groups is 5. The Morgan fingerprint density at radius 1 is 0.709 bits per heavy atom. The number of fused-ring (bicyclic) bond motifs is 6. The van der Waals surface area contributed by atoms with Crippen LogP contribution in [0.25, 0.3) is 0 Å². The molecule has 21 nitrogen and oxygen atoms in total. The molecule has 430 valence electrons. The third-order valence-electron chi connectivity index (χ3n) is 17.9. The standard InChI is InChI=1S/C58H74N2O19/c1-53(2,66)14-9-16-56(68,28-44(61)71-6)51(64)78-34-23-37-35-24-41-39(74-30-76-41)21-32(35)13-20-60-50(63)46(49(73-8)58(37,60)26-34)38-11-18-55-27-43(70-5)48(79-52(65)57(69,29-45(62)72-7)17-10-15-54(3,4)67)47(55)36-25-42-40(75-31-77-42)22-33(36)12-19-59(38)55/h21-22,24-27,37-38,46-49,66-69H,9-20,23,28-31H2,1-8H3/t37-,38+,46-,47+,48?,49?,55?,56?,57?,58?/m1/s1. The summed E-state index contributed by atoms with van der Waals surface area (Å²) in [6.07, 6.45) is 2.58. The molecule has 2 aliphatic carbocycles. The molecule has 2 aromatic rings. The van der Waals surface area contributed by atoms with E-state index >= 15 is 4.79 Å². The van der Waals surface area contributed by atoms with Gasteiger partial charge in [-0.05, 0) is 151 Å². The number of rotatable bonds is 19. The number of amides is 1. The van der Waals surface area contributed by atoms with Crippen molar-refractivity contribution in [1.29, 1.82) is 0 Å². The highest BCUT2D eigenvalue weighted by Gasteiger charge is 2.70. The molecule has 4 N–H and O–H groups in total. The molecule has 0 aromatic heterocycles. The molecule has 8 aliphatic rings. The van der Waals surface area contributed by atoms with Crippen molar-refractivity contribution in [2.45, 2.75) is 175 Å². The first-order valence-corrected chi connectivity index (χ1v) is 27.3. The van der Waals surface area contributed by atoms with E-state index in [4.69, 9.17) is 47.4 Å². The number of allylic oxidation sites excluding steroid dienone is 1. The molecule has 21 heteroatoms. The minimum absolute atomic E-state index is 0.00939. The number of hydrogen-bond donors (Lipinski definition) is 4. The minimum atomic E-state index is -2.34. The maximum atomic E-state index is 16.0. The molecule has 6 aliphatic heterocycles. The Kier molecular flexibility index (Phi) is 14.9. The van der Waals surface area contributed by atoms with E-state index in [0.717, 1.165) is 36.5 Å². The second-order valence-corrected chi connectivity index (χ2v) is 23.9. The van der Waals surface area contributed by atoms with Crippen LogP contribution in [0.1, 0.15) is 132 Å². The smallest absolute Gasteiger partial charge is 0.343 e. The van der Waals surface area contributed by atoms with E-state index in [1.807, 2.05) is 35.2 Å². The number of aliphatic hydroxyl groups is 4. The van der Waals surface area contributed by atoms with E-state index < -0.39 is 106 Å². The molecule has 10 rings (SSSR count). The van der Waals surface area contributed by atoms with Crippen LogP contribution < -0.4 is 18.9 Å². The largest absolute Gasteiger partial charge is 0.497 e. The lowest BCUT2D eigenvalue weighted by molar-refractivity contribution is -0.178. The van der Waals surface area contributed by atoms with E-state index in [-0.39, 0.29) is 76.7 Å². The van der Waals surface area contributed by atoms with Crippen LogP contribution in [0.2, 0.25) is 0 Å². The van der Waals surface area contributed by atoms with Crippen LogP contribution in [0.4, 0.5) is 0 Å². The van der Waals surface area contributed by atoms with Gasteiger partial charge in [-0.15, -0.1) is 0 Å². The molecular weight excluding hydrogens is 1030 g/mol. The van der Waals surface area contributed by atoms with E-state index in [0.29, 0.717) is 61.0 Å². The Balaban J connectivity index is 1.04. The van der Waals surface area contributed by atoms with Crippen molar-refractivity contribution >= 4 is 29.8 Å². The van der Waals surface area contributed by atoms with Crippen LogP contribution in [0.3, 0.4) is 0 Å². The number of benzene rings is 2. The van der Waals surface area contributed by atoms with Crippen molar-refractivity contribution in [1.82, 2.24) is 9.80 Å². The number of carbonyl (C=O) groups excluding carboxylic acids is 5. The lowest BCUT2D eigenvalue weighted by atomic mass is 9.74. The molecule has 1 amide bonds. The predicted molar refractivity (Wildman–Crippen MR) is 276 cm³/mol. The topological polar surface area (TPSA) is 265 Å². The Hall–Kier alpha value is -5.97. The zero-order valence-corrected chi connectivity index (χ0v) is 46.3. The van der Waals surface area contributed by atoms with Gasteiger partial charge in [-0.25, -0.2) is 9.59 Å². The highest BCUT2D eigenvalue weighted by atomic mass is 16.7. The quantitative estimate of drug-likeness (QED) is 0.113. The van der Waals surface area contributed by atoms with Gasteiger partial charge in [-0.3, -0.25) is 19.3 Å². The van der Waals surface area contributed by atoms with Crippen molar-refractivity contribution in [2.24, 2.45) is 5.92 Å². The molecule has 2 saturated heterocycles. The summed E-state index contributed by atoms with van der Waals surface area (Å²) < 4.78 is 59.0. The molecule has 6 unspecified atom stereocenters. The molecule has 0 bridgehead atoms. The number of ether oxygens (including phenoxy) is 10. The fourth-order valence-corrected chi connectivity index (χ4v) is 14.2. The van der Waals surface area contributed by atoms with Crippen LogP contribution in [-0.2, 0) is 65.2 Å². The lowest BCUT2D eigenvalue weighted by Gasteiger charge is -2.44. The summed E-state index contributed by atoms with van der Waals surface area (Å²) in [6.45, 7) is 7.14. The van der Waals surface area contributed by atoms with Crippen molar-refractivity contribution in [3.05, 3.63) is 70.2 Å². The van der Waals surface area contributed by atoms with Gasteiger partial charge >= 0.3 is 23.9 Å². The molecule has 79 heavy (non-hydrogen) atoms. The molecule has 2 fully saturated rings. The summed E-state index contributed by atoms with van der Waals surface area (Å²) in [5.41, 5.74) is -5.74. The van der Waals surface area contributed by atoms with Crippen molar-refractivity contribution in [2.75, 3.05) is 55.1 Å². The van der Waals surface area contributed by atoms with Gasteiger partial charge in [-0.1, -0.05) is 0 Å². The van der Waals surface area contributed by atoms with Gasteiger partial charge in [0.05, 0.1) is 74.4 Å². The highest BCUT2D eigenvalue weighted by Crippen LogP contribution is 2.62. The van der Waals surface area contributed by atoms with Gasteiger partial charge in [0.1, 0.15) is 11.5 Å². The maximum absolute atomic E-state index is 16.0. The zero-order chi connectivity index (χ0) is 56.6. The van der Waals surface area contributed by atoms with E-state index in [9.17, 15) is 39.6 Å². The molecule has 2 spiro atoms. The van der Waals surface area contributed by atoms with Crippen LogP contribution >= 0.6 is 0 Å². The summed E-state index contributed by atoms with van der Waals surface area (Å²) in [7, 11) is 5.37. The summed E-state index contributed by atoms with van der Waals surface area (Å²) >= 11 is 0. The van der Waals surface area contributed by atoms with Crippen molar-refractivity contribution < 1.29 is 91.8 Å². The number of hydrogen-bond acceptors (Lipinski definition) is 20. The van der Waals surface area contributed by atoms with Gasteiger partial charge in [-0.2, -0.15) is 0 Å². The second kappa shape index (κ2) is 20.8. The van der Waals surface area contributed by atoms with Crippen molar-refractivity contribution in [3.8, 4) is 23.0 Å². The van der Waals surface area contributed by atoms with Gasteiger partial charge in [0, 0.05) is 38.6 Å². The summed E-state index contributed by atoms with van der Waals surface area (Å²) in [5, 5.41) is 45.1. The average molecular weight is 1100 g/mol. The molecule has 2 aromatic carbocycles. The summed E-state index contributed by atoms with van der Waals surface area (Å²) in [5.74, 6) is -3.54. The Labute approximate surface area is 458 Å². The number of esters is 4. The normalized spacial score (nSPS) is 28.8. The molecular formula is C58H74N2O19. The van der Waals surface area contributed by atoms with E-state index in [1.165, 1.54) is 7.11 Å². The fourth-order valence-electron chi connectivity index (χ4n) is 14.2. The fraction of sp³-hybridized carbons (Fsp3) is 0.638. The number of nitrogens with zero attached hydrogens (tertiary/aromatic N) is 2. The van der Waals surface area contributed by atoms with Gasteiger partial charge in [0.15, 0.2) is 40.3 Å². The Morgan fingerprint density at radius 2 is 1.25 bits per heavy atom. The van der Waals surface area contributed by atoms with Crippen LogP contribution in [0.15, 0.2) is 47.9 Å². The Morgan fingerprint density at radius 3 is 1.81 bits per heavy atom. The summed E-state index contributed by atoms with van der Waals surface area (Å²) in [4.78, 5) is 74.9. The molecule has 0 saturated carbocycles. The summed E-state index contributed by atoms with van der Waals surface area (Å²) in [6, 6.07) is 7.16. The predicted octanol–water partition coefficient (Wildman–Crippen LogP) is 4.30. The molecule has 0 radical (unpaired) electrons. The second-order valence-electron chi connectivity index (χ2n) is 23.9. The van der Waals surface area contributed by atoms with Gasteiger partial charge in [0.2, 0.25) is 19.5 Å². The first kappa shape index (κ1) is 56.3. The van der Waals surface area contributed by atoms with Crippen LogP contribution in [0.5, 0.6) is 23.0 Å². The van der Waals surface area contributed by atoms with E-state index in [2.05, 4.69) is 4.90 Å². The van der Waals surface area contributed by atoms with Crippen molar-refractivity contribution in [3.63, 3.8) is 0 Å². The highest BCUT2D eigenvalue weighted by molar-refractivity contribution is 5.88. The average Bonchev–Trinajstić information content (AvgIpc) is 4.14. The Bertz CT molecular complexity index is 2830.